The molecule has 84 valence electrons. The van der Waals surface area contributed by atoms with Crippen molar-refractivity contribution in [2.45, 2.75) is 13.8 Å². The van der Waals surface area contributed by atoms with Gasteiger partial charge in [0.05, 0.1) is 11.9 Å². The second-order valence-corrected chi connectivity index (χ2v) is 5.19. The van der Waals surface area contributed by atoms with Gasteiger partial charge in [0.25, 0.3) is 10.2 Å². The Morgan fingerprint density at radius 1 is 1.53 bits per heavy atom. The summed E-state index contributed by atoms with van der Waals surface area (Å²) in [7, 11) is -3.47. The number of hydrogen-bond acceptors (Lipinski definition) is 3. The molecule has 0 atom stereocenters. The Labute approximate surface area is 97.6 Å². The fraction of sp³-hybridized carbons (Fsp3) is 0.375. The van der Waals surface area contributed by atoms with Gasteiger partial charge in [-0.15, -0.1) is 0 Å². The minimum absolute atomic E-state index is 0.346. The van der Waals surface area contributed by atoms with E-state index in [1.807, 2.05) is 6.92 Å². The SMILES string of the molecule is CCNS(=O)(=O)Nc1cnc(Br)c(C)c1. The van der Waals surface area contributed by atoms with E-state index in [0.29, 0.717) is 16.8 Å². The van der Waals surface area contributed by atoms with Gasteiger partial charge in [-0.1, -0.05) is 6.92 Å². The molecule has 0 bridgehead atoms. The third kappa shape index (κ3) is 3.77. The maximum atomic E-state index is 11.3. The Morgan fingerprint density at radius 3 is 2.73 bits per heavy atom. The van der Waals surface area contributed by atoms with Gasteiger partial charge in [-0.25, -0.2) is 4.98 Å². The van der Waals surface area contributed by atoms with Crippen LogP contribution in [0, 0.1) is 6.92 Å². The van der Waals surface area contributed by atoms with Gasteiger partial charge in [-0.3, -0.25) is 4.72 Å². The summed E-state index contributed by atoms with van der Waals surface area (Å²) in [6.07, 6.45) is 1.45. The molecule has 2 N–H and O–H groups in total. The molecule has 1 rings (SSSR count). The first-order valence-corrected chi connectivity index (χ1v) is 6.62. The van der Waals surface area contributed by atoms with Gasteiger partial charge in [0.2, 0.25) is 0 Å². The van der Waals surface area contributed by atoms with Crippen molar-refractivity contribution in [2.24, 2.45) is 0 Å². The molecular weight excluding hydrogens is 282 g/mol. The van der Waals surface area contributed by atoms with Crippen molar-refractivity contribution in [3.8, 4) is 0 Å². The number of rotatable bonds is 4. The zero-order valence-electron chi connectivity index (χ0n) is 8.41. The topological polar surface area (TPSA) is 71.1 Å². The summed E-state index contributed by atoms with van der Waals surface area (Å²) < 4.78 is 28.1. The molecular formula is C8H12BrN3O2S. The van der Waals surface area contributed by atoms with E-state index in [-0.39, 0.29) is 0 Å². The van der Waals surface area contributed by atoms with Crippen LogP contribution in [-0.2, 0) is 10.2 Å². The number of aromatic nitrogens is 1. The molecule has 0 aromatic carbocycles. The van der Waals surface area contributed by atoms with Gasteiger partial charge in [0, 0.05) is 6.54 Å². The first-order valence-electron chi connectivity index (χ1n) is 4.34. The number of anilines is 1. The molecule has 1 aromatic rings. The van der Waals surface area contributed by atoms with Crippen LogP contribution < -0.4 is 9.44 Å². The van der Waals surface area contributed by atoms with E-state index in [1.54, 1.807) is 13.0 Å². The highest BCUT2D eigenvalue weighted by Gasteiger charge is 2.08. The second-order valence-electron chi connectivity index (χ2n) is 2.94. The Bertz CT molecular complexity index is 447. The molecule has 0 aliphatic rings. The monoisotopic (exact) mass is 293 g/mol. The number of pyridine rings is 1. The van der Waals surface area contributed by atoms with E-state index in [4.69, 9.17) is 0 Å². The highest BCUT2D eigenvalue weighted by Crippen LogP contribution is 2.17. The van der Waals surface area contributed by atoms with Crippen molar-refractivity contribution in [2.75, 3.05) is 11.3 Å². The van der Waals surface area contributed by atoms with Crippen molar-refractivity contribution in [1.29, 1.82) is 0 Å². The summed E-state index contributed by atoms with van der Waals surface area (Å²) in [5, 5.41) is 0. The van der Waals surface area contributed by atoms with Gasteiger partial charge in [-0.2, -0.15) is 13.1 Å². The summed E-state index contributed by atoms with van der Waals surface area (Å²) in [6.45, 7) is 3.89. The van der Waals surface area contributed by atoms with Crippen molar-refractivity contribution in [1.82, 2.24) is 9.71 Å². The fourth-order valence-electron chi connectivity index (χ4n) is 0.995. The normalized spacial score (nSPS) is 11.4. The highest BCUT2D eigenvalue weighted by molar-refractivity contribution is 9.10. The van der Waals surface area contributed by atoms with Crippen LogP contribution in [0.25, 0.3) is 0 Å². The first-order chi connectivity index (χ1) is 6.94. The Kier molecular flexibility index (Phi) is 4.06. The van der Waals surface area contributed by atoms with Crippen LogP contribution in [0.15, 0.2) is 16.9 Å². The molecule has 0 aliphatic carbocycles. The molecule has 1 aromatic heterocycles. The van der Waals surface area contributed by atoms with E-state index in [1.165, 1.54) is 6.20 Å². The van der Waals surface area contributed by atoms with E-state index < -0.39 is 10.2 Å². The van der Waals surface area contributed by atoms with Crippen LogP contribution >= 0.6 is 15.9 Å². The van der Waals surface area contributed by atoms with Crippen molar-refractivity contribution >= 4 is 31.8 Å². The number of aryl methyl sites for hydroxylation is 1. The van der Waals surface area contributed by atoms with Crippen molar-refractivity contribution in [3.05, 3.63) is 22.4 Å². The molecule has 7 heteroatoms. The zero-order valence-corrected chi connectivity index (χ0v) is 10.8. The van der Waals surface area contributed by atoms with E-state index in [0.717, 1.165) is 5.56 Å². The molecule has 0 saturated heterocycles. The summed E-state index contributed by atoms with van der Waals surface area (Å²) in [6, 6.07) is 1.70. The molecule has 1 heterocycles. The molecule has 5 nitrogen and oxygen atoms in total. The lowest BCUT2D eigenvalue weighted by atomic mass is 10.3. The number of hydrogen-bond donors (Lipinski definition) is 2. The summed E-state index contributed by atoms with van der Waals surface area (Å²) in [5.74, 6) is 0. The number of nitrogens with zero attached hydrogens (tertiary/aromatic N) is 1. The molecule has 0 fully saturated rings. The first kappa shape index (κ1) is 12.4. The van der Waals surface area contributed by atoms with Crippen molar-refractivity contribution in [3.63, 3.8) is 0 Å². The lowest BCUT2D eigenvalue weighted by Gasteiger charge is -2.08. The Balaban J connectivity index is 2.86. The minimum atomic E-state index is -3.47. The highest BCUT2D eigenvalue weighted by atomic mass is 79.9. The molecule has 0 spiro atoms. The van der Waals surface area contributed by atoms with E-state index >= 15 is 0 Å². The van der Waals surface area contributed by atoms with Gasteiger partial charge in [-0.05, 0) is 34.5 Å². The Hall–Kier alpha value is -0.660. The number of nitrogens with one attached hydrogen (secondary N) is 2. The molecule has 15 heavy (non-hydrogen) atoms. The van der Waals surface area contributed by atoms with Crippen LogP contribution in [0.4, 0.5) is 5.69 Å². The smallest absolute Gasteiger partial charge is 0.270 e. The lowest BCUT2D eigenvalue weighted by molar-refractivity contribution is 0.589. The van der Waals surface area contributed by atoms with Crippen molar-refractivity contribution < 1.29 is 8.42 Å². The summed E-state index contributed by atoms with van der Waals surface area (Å²) in [5.41, 5.74) is 1.31. The fourth-order valence-corrected chi connectivity index (χ4v) is 2.09. The lowest BCUT2D eigenvalue weighted by Crippen LogP contribution is -2.29. The average molecular weight is 294 g/mol. The standard InChI is InChI=1S/C8H12BrN3O2S/c1-3-11-15(13,14)12-7-4-6(2)8(9)10-5-7/h4-5,11-12H,3H2,1-2H3. The second kappa shape index (κ2) is 4.91. The van der Waals surface area contributed by atoms with Crippen LogP contribution in [0.2, 0.25) is 0 Å². The average Bonchev–Trinajstić information content (AvgIpc) is 2.10. The van der Waals surface area contributed by atoms with Crippen LogP contribution in [0.3, 0.4) is 0 Å². The van der Waals surface area contributed by atoms with E-state index in [2.05, 4.69) is 30.4 Å². The van der Waals surface area contributed by atoms with Crippen LogP contribution in [0.5, 0.6) is 0 Å². The minimum Gasteiger partial charge on any atom is -0.270 e. The van der Waals surface area contributed by atoms with E-state index in [9.17, 15) is 8.42 Å². The zero-order chi connectivity index (χ0) is 11.5. The predicted octanol–water partition coefficient (Wildman–Crippen LogP) is 1.42. The number of halogens is 1. The molecule has 0 amide bonds. The largest absolute Gasteiger partial charge is 0.299 e. The molecule has 0 radical (unpaired) electrons. The van der Waals surface area contributed by atoms with Gasteiger partial charge >= 0.3 is 0 Å². The van der Waals surface area contributed by atoms with Gasteiger partial charge in [0.15, 0.2) is 0 Å². The maximum absolute atomic E-state index is 11.3. The summed E-state index contributed by atoms with van der Waals surface area (Å²) >= 11 is 3.24. The van der Waals surface area contributed by atoms with Gasteiger partial charge in [0.1, 0.15) is 4.60 Å². The molecule has 0 aliphatic heterocycles. The molecule has 0 unspecified atom stereocenters. The van der Waals surface area contributed by atoms with Crippen LogP contribution in [-0.4, -0.2) is 19.9 Å². The molecule has 0 saturated carbocycles. The van der Waals surface area contributed by atoms with Crippen LogP contribution in [0.1, 0.15) is 12.5 Å². The summed E-state index contributed by atoms with van der Waals surface area (Å²) in [4.78, 5) is 3.98. The maximum Gasteiger partial charge on any atom is 0.299 e. The van der Waals surface area contributed by atoms with Gasteiger partial charge < -0.3 is 0 Å². The third-order valence-electron chi connectivity index (χ3n) is 1.60. The Morgan fingerprint density at radius 2 is 2.20 bits per heavy atom. The quantitative estimate of drug-likeness (QED) is 0.825. The third-order valence-corrected chi connectivity index (χ3v) is 3.60. The predicted molar refractivity (Wildman–Crippen MR) is 62.9 cm³/mol.